The standard InChI is InChI=1S/C24H26N6O2S/c1-28-13-15-29(16-14-28)19-9-7-18(8-10-19)26-24-25-17-20-11-12-22(30(20)27-24)21-5-3-4-6-23(21)33(2,31)32/h3-12,17H,13-16H2,1-2H3,(H,26,27). The van der Waals surface area contributed by atoms with Gasteiger partial charge in [0.25, 0.3) is 0 Å². The number of sulfone groups is 1. The average Bonchev–Trinajstić information content (AvgIpc) is 3.23. The number of likely N-dealkylation sites (N-methyl/N-ethyl adjacent to an activating group) is 1. The Labute approximate surface area is 193 Å². The largest absolute Gasteiger partial charge is 0.369 e. The second kappa shape index (κ2) is 8.49. The molecule has 0 bridgehead atoms. The third-order valence-corrected chi connectivity index (χ3v) is 7.11. The van der Waals surface area contributed by atoms with Crippen LogP contribution in [0.2, 0.25) is 0 Å². The number of nitrogens with one attached hydrogen (secondary N) is 1. The van der Waals surface area contributed by atoms with Crippen LogP contribution in [0.4, 0.5) is 17.3 Å². The van der Waals surface area contributed by atoms with Gasteiger partial charge in [-0.25, -0.2) is 17.9 Å². The zero-order valence-corrected chi connectivity index (χ0v) is 19.5. The molecule has 1 saturated heterocycles. The predicted molar refractivity (Wildman–Crippen MR) is 131 cm³/mol. The van der Waals surface area contributed by atoms with E-state index in [9.17, 15) is 8.42 Å². The van der Waals surface area contributed by atoms with Crippen LogP contribution in [-0.4, -0.2) is 67.4 Å². The molecule has 0 spiro atoms. The van der Waals surface area contributed by atoms with E-state index >= 15 is 0 Å². The molecule has 9 heteroatoms. The van der Waals surface area contributed by atoms with Crippen LogP contribution in [0.25, 0.3) is 16.8 Å². The lowest BCUT2D eigenvalue weighted by atomic mass is 10.1. The van der Waals surface area contributed by atoms with Crippen molar-refractivity contribution in [3.63, 3.8) is 0 Å². The van der Waals surface area contributed by atoms with Gasteiger partial charge in [-0.15, -0.1) is 5.10 Å². The molecule has 0 amide bonds. The molecule has 0 atom stereocenters. The van der Waals surface area contributed by atoms with E-state index in [0.29, 0.717) is 17.2 Å². The number of rotatable bonds is 5. The van der Waals surface area contributed by atoms with Crippen molar-refractivity contribution < 1.29 is 8.42 Å². The van der Waals surface area contributed by atoms with Gasteiger partial charge in [0.1, 0.15) is 0 Å². The zero-order chi connectivity index (χ0) is 23.0. The van der Waals surface area contributed by atoms with Crippen molar-refractivity contribution >= 4 is 32.7 Å². The summed E-state index contributed by atoms with van der Waals surface area (Å²) in [5.41, 5.74) is 4.18. The van der Waals surface area contributed by atoms with Crippen molar-refractivity contribution in [3.8, 4) is 11.3 Å². The molecule has 1 N–H and O–H groups in total. The maximum Gasteiger partial charge on any atom is 0.245 e. The minimum atomic E-state index is -3.38. The number of piperazine rings is 1. The Morgan fingerprint density at radius 1 is 0.909 bits per heavy atom. The fourth-order valence-corrected chi connectivity index (χ4v) is 5.01. The van der Waals surface area contributed by atoms with Gasteiger partial charge in [0, 0.05) is 49.4 Å². The smallest absolute Gasteiger partial charge is 0.245 e. The minimum Gasteiger partial charge on any atom is -0.369 e. The van der Waals surface area contributed by atoms with Crippen LogP contribution in [0, 0.1) is 0 Å². The van der Waals surface area contributed by atoms with Crippen molar-refractivity contribution in [2.24, 2.45) is 0 Å². The molecular formula is C24H26N6O2S. The van der Waals surface area contributed by atoms with E-state index in [1.165, 1.54) is 11.9 Å². The molecule has 0 saturated carbocycles. The van der Waals surface area contributed by atoms with Crippen LogP contribution < -0.4 is 10.2 Å². The van der Waals surface area contributed by atoms with E-state index in [1.54, 1.807) is 28.9 Å². The molecule has 2 aromatic heterocycles. The minimum absolute atomic E-state index is 0.276. The molecule has 0 radical (unpaired) electrons. The van der Waals surface area contributed by atoms with E-state index in [-0.39, 0.29) is 4.90 Å². The van der Waals surface area contributed by atoms with Gasteiger partial charge in [0.15, 0.2) is 9.84 Å². The lowest BCUT2D eigenvalue weighted by molar-refractivity contribution is 0.313. The molecule has 1 fully saturated rings. The highest BCUT2D eigenvalue weighted by molar-refractivity contribution is 7.90. The van der Waals surface area contributed by atoms with E-state index in [4.69, 9.17) is 0 Å². The molecule has 2 aromatic carbocycles. The molecule has 170 valence electrons. The normalized spacial score (nSPS) is 15.2. The van der Waals surface area contributed by atoms with Gasteiger partial charge in [0.2, 0.25) is 5.95 Å². The number of hydrogen-bond donors (Lipinski definition) is 1. The number of anilines is 3. The molecule has 8 nitrogen and oxygen atoms in total. The lowest BCUT2D eigenvalue weighted by Crippen LogP contribution is -2.44. The molecule has 3 heterocycles. The van der Waals surface area contributed by atoms with Crippen molar-refractivity contribution in [2.45, 2.75) is 4.90 Å². The summed E-state index contributed by atoms with van der Waals surface area (Å²) in [7, 11) is -1.23. The van der Waals surface area contributed by atoms with Crippen LogP contribution in [0.15, 0.2) is 71.8 Å². The first-order valence-corrected chi connectivity index (χ1v) is 12.7. The quantitative estimate of drug-likeness (QED) is 0.487. The number of benzene rings is 2. The van der Waals surface area contributed by atoms with Crippen LogP contribution in [0.3, 0.4) is 0 Å². The SMILES string of the molecule is CN1CCN(c2ccc(Nc3ncc4ccc(-c5ccccc5S(C)(=O)=O)n4n3)cc2)CC1. The molecule has 1 aliphatic heterocycles. The molecular weight excluding hydrogens is 436 g/mol. The van der Waals surface area contributed by atoms with Gasteiger partial charge in [0.05, 0.1) is 22.3 Å². The van der Waals surface area contributed by atoms with Gasteiger partial charge in [-0.1, -0.05) is 18.2 Å². The Kier molecular flexibility index (Phi) is 5.51. The fourth-order valence-electron chi connectivity index (χ4n) is 4.11. The van der Waals surface area contributed by atoms with Crippen molar-refractivity contribution in [1.82, 2.24) is 19.5 Å². The molecule has 1 aliphatic rings. The monoisotopic (exact) mass is 462 g/mol. The van der Waals surface area contributed by atoms with Crippen molar-refractivity contribution in [1.29, 1.82) is 0 Å². The Balaban J connectivity index is 1.42. The number of nitrogens with zero attached hydrogens (tertiary/aromatic N) is 5. The predicted octanol–water partition coefficient (Wildman–Crippen LogP) is 3.30. The zero-order valence-electron chi connectivity index (χ0n) is 18.6. The van der Waals surface area contributed by atoms with E-state index in [0.717, 1.165) is 37.4 Å². The topological polar surface area (TPSA) is 82.8 Å². The third-order valence-electron chi connectivity index (χ3n) is 5.95. The second-order valence-electron chi connectivity index (χ2n) is 8.37. The number of aromatic nitrogens is 3. The molecule has 5 rings (SSSR count). The maximum absolute atomic E-state index is 12.3. The van der Waals surface area contributed by atoms with Crippen LogP contribution in [0.1, 0.15) is 0 Å². The Hall–Kier alpha value is -3.43. The second-order valence-corrected chi connectivity index (χ2v) is 10.4. The Bertz CT molecular complexity index is 1390. The first-order chi connectivity index (χ1) is 15.9. The van der Waals surface area contributed by atoms with Gasteiger partial charge < -0.3 is 15.1 Å². The summed E-state index contributed by atoms with van der Waals surface area (Å²) < 4.78 is 26.3. The molecule has 33 heavy (non-hydrogen) atoms. The van der Waals surface area contributed by atoms with Crippen LogP contribution in [-0.2, 0) is 9.84 Å². The summed E-state index contributed by atoms with van der Waals surface area (Å²) in [6.07, 6.45) is 2.94. The van der Waals surface area contributed by atoms with Gasteiger partial charge in [-0.2, -0.15) is 0 Å². The molecule has 4 aromatic rings. The van der Waals surface area contributed by atoms with Crippen LogP contribution >= 0.6 is 0 Å². The van der Waals surface area contributed by atoms with E-state index in [2.05, 4.69) is 44.4 Å². The Morgan fingerprint density at radius 3 is 2.36 bits per heavy atom. The van der Waals surface area contributed by atoms with E-state index < -0.39 is 9.84 Å². The van der Waals surface area contributed by atoms with Gasteiger partial charge in [-0.3, -0.25) is 0 Å². The summed E-state index contributed by atoms with van der Waals surface area (Å²) in [5, 5.41) is 7.89. The Morgan fingerprint density at radius 2 is 1.64 bits per heavy atom. The average molecular weight is 463 g/mol. The highest BCUT2D eigenvalue weighted by atomic mass is 32.2. The van der Waals surface area contributed by atoms with Crippen molar-refractivity contribution in [3.05, 3.63) is 66.9 Å². The highest BCUT2D eigenvalue weighted by Gasteiger charge is 2.17. The number of hydrogen-bond acceptors (Lipinski definition) is 7. The molecule has 0 aliphatic carbocycles. The van der Waals surface area contributed by atoms with Gasteiger partial charge in [-0.05, 0) is 49.5 Å². The highest BCUT2D eigenvalue weighted by Crippen LogP contribution is 2.29. The molecule has 0 unspecified atom stereocenters. The third kappa shape index (κ3) is 4.42. The summed E-state index contributed by atoms with van der Waals surface area (Å²) in [4.78, 5) is 9.42. The van der Waals surface area contributed by atoms with E-state index in [1.807, 2.05) is 30.3 Å². The first kappa shape index (κ1) is 21.4. The van der Waals surface area contributed by atoms with Crippen LogP contribution in [0.5, 0.6) is 0 Å². The summed E-state index contributed by atoms with van der Waals surface area (Å²) in [6, 6.07) is 19.0. The first-order valence-electron chi connectivity index (χ1n) is 10.8. The fraction of sp³-hybridized carbons (Fsp3) is 0.250. The summed E-state index contributed by atoms with van der Waals surface area (Å²) in [6.45, 7) is 4.17. The number of fused-ring (bicyclic) bond motifs is 1. The van der Waals surface area contributed by atoms with Crippen molar-refractivity contribution in [2.75, 3.05) is 49.7 Å². The van der Waals surface area contributed by atoms with Gasteiger partial charge >= 0.3 is 0 Å². The summed E-state index contributed by atoms with van der Waals surface area (Å²) in [5.74, 6) is 0.434. The summed E-state index contributed by atoms with van der Waals surface area (Å²) >= 11 is 0. The lowest BCUT2D eigenvalue weighted by Gasteiger charge is -2.34. The maximum atomic E-state index is 12.3.